The molecule has 0 amide bonds. The molecule has 1 nitrogen and oxygen atoms in total. The molecule has 0 spiro atoms. The van der Waals surface area contributed by atoms with Crippen molar-refractivity contribution in [2.75, 3.05) is 0 Å². The first-order valence-electron chi connectivity index (χ1n) is 10.7. The zero-order valence-corrected chi connectivity index (χ0v) is 18.9. The number of fused-ring (bicyclic) bond motifs is 1. The van der Waals surface area contributed by atoms with Crippen LogP contribution in [0.4, 0.5) is 0 Å². The second kappa shape index (κ2) is 8.95. The summed E-state index contributed by atoms with van der Waals surface area (Å²) in [6.07, 6.45) is 8.38. The number of hydrogen-bond acceptors (Lipinski definition) is 1. The maximum atomic E-state index is 6.76. The van der Waals surface area contributed by atoms with Gasteiger partial charge in [-0.05, 0) is 61.5 Å². The quantitative estimate of drug-likeness (QED) is 0.435. The van der Waals surface area contributed by atoms with Crippen LogP contribution in [0.15, 0.2) is 24.3 Å². The van der Waals surface area contributed by atoms with Crippen molar-refractivity contribution in [1.82, 2.24) is 0 Å². The molecule has 0 aromatic heterocycles. The molecular formula is C24H39OSi. The van der Waals surface area contributed by atoms with E-state index >= 15 is 0 Å². The summed E-state index contributed by atoms with van der Waals surface area (Å²) in [7, 11) is 4.26. The van der Waals surface area contributed by atoms with Crippen molar-refractivity contribution in [3.05, 3.63) is 29.8 Å². The number of hydrogen-bond donors (Lipinski definition) is 0. The van der Waals surface area contributed by atoms with Gasteiger partial charge < -0.3 is 4.74 Å². The van der Waals surface area contributed by atoms with Crippen LogP contribution in [0.1, 0.15) is 85.6 Å². The van der Waals surface area contributed by atoms with Gasteiger partial charge in [-0.25, -0.2) is 0 Å². The van der Waals surface area contributed by atoms with Crippen molar-refractivity contribution in [2.24, 2.45) is 23.2 Å². The van der Waals surface area contributed by atoms with Gasteiger partial charge in [-0.1, -0.05) is 72.6 Å². The second-order valence-electron chi connectivity index (χ2n) is 9.79. The fourth-order valence-corrected chi connectivity index (χ4v) is 4.79. The zero-order valence-electron chi connectivity index (χ0n) is 17.9. The van der Waals surface area contributed by atoms with E-state index in [2.05, 4.69) is 76.1 Å². The van der Waals surface area contributed by atoms with E-state index in [0.29, 0.717) is 5.92 Å². The minimum absolute atomic E-state index is 0.168. The standard InChI is InChI=1S/C24H39OSi/c1-18(2)11-14-23(15-12-19(3)4)17-21-9-7-8-10-22(21)25-24(23,26)16-13-20(5)6/h7-10,18-20H,11-17H2,1-6H3. The predicted octanol–water partition coefficient (Wildman–Crippen LogP) is 6.78. The Bertz CT molecular complexity index is 551. The number of benzene rings is 1. The van der Waals surface area contributed by atoms with Crippen molar-refractivity contribution >= 4 is 10.2 Å². The lowest BCUT2D eigenvalue weighted by molar-refractivity contribution is -0.0387. The summed E-state index contributed by atoms with van der Waals surface area (Å²) in [5.41, 5.74) is 1.56. The molecule has 0 saturated heterocycles. The van der Waals surface area contributed by atoms with E-state index in [1.54, 1.807) is 0 Å². The number of ether oxygens (including phenoxy) is 1. The summed E-state index contributed by atoms with van der Waals surface area (Å²) in [5, 5.41) is -0.255. The van der Waals surface area contributed by atoms with Crippen molar-refractivity contribution in [1.29, 1.82) is 0 Å². The van der Waals surface area contributed by atoms with Gasteiger partial charge in [0.25, 0.3) is 0 Å². The predicted molar refractivity (Wildman–Crippen MR) is 114 cm³/mol. The van der Waals surface area contributed by atoms with E-state index in [1.165, 1.54) is 37.7 Å². The molecule has 0 bridgehead atoms. The van der Waals surface area contributed by atoms with E-state index in [0.717, 1.165) is 30.4 Å². The molecule has 1 heterocycles. The summed E-state index contributed by atoms with van der Waals surface area (Å²) >= 11 is 0. The van der Waals surface area contributed by atoms with Gasteiger partial charge in [0.05, 0.1) is 15.5 Å². The second-order valence-corrected chi connectivity index (χ2v) is 10.6. The average Bonchev–Trinajstić information content (AvgIpc) is 2.57. The van der Waals surface area contributed by atoms with Crippen molar-refractivity contribution in [3.63, 3.8) is 0 Å². The van der Waals surface area contributed by atoms with Gasteiger partial charge in [0.1, 0.15) is 5.75 Å². The summed E-state index contributed by atoms with van der Waals surface area (Å²) in [6.45, 7) is 14.0. The lowest BCUT2D eigenvalue weighted by Crippen LogP contribution is -2.57. The Morgan fingerprint density at radius 3 is 1.88 bits per heavy atom. The molecule has 1 aliphatic rings. The van der Waals surface area contributed by atoms with E-state index < -0.39 is 0 Å². The fraction of sp³-hybridized carbons (Fsp3) is 0.750. The summed E-state index contributed by atoms with van der Waals surface area (Å²) < 4.78 is 6.76. The maximum Gasteiger partial charge on any atom is 0.122 e. The molecule has 0 saturated carbocycles. The molecule has 1 aliphatic heterocycles. The molecule has 0 fully saturated rings. The minimum atomic E-state index is -0.255. The van der Waals surface area contributed by atoms with Crippen LogP contribution < -0.4 is 4.74 Å². The van der Waals surface area contributed by atoms with Crippen molar-refractivity contribution in [3.8, 4) is 5.75 Å². The average molecular weight is 372 g/mol. The van der Waals surface area contributed by atoms with Crippen molar-refractivity contribution in [2.45, 2.75) is 91.7 Å². The number of para-hydroxylation sites is 1. The highest BCUT2D eigenvalue weighted by Gasteiger charge is 2.51. The highest BCUT2D eigenvalue weighted by atomic mass is 28.1. The van der Waals surface area contributed by atoms with E-state index in [1.807, 2.05) is 0 Å². The Balaban J connectivity index is 2.41. The molecular weight excluding hydrogens is 332 g/mol. The Kier molecular flexibility index (Phi) is 7.41. The van der Waals surface area contributed by atoms with Crippen LogP contribution in [0.5, 0.6) is 5.75 Å². The third-order valence-corrected chi connectivity index (χ3v) is 7.00. The SMILES string of the molecule is CC(C)CCC1(CCC(C)C)Cc2ccccc2OC1([Si])CCC(C)C. The zero-order chi connectivity index (χ0) is 19.4. The monoisotopic (exact) mass is 371 g/mol. The fourth-order valence-electron chi connectivity index (χ4n) is 4.20. The highest BCUT2D eigenvalue weighted by molar-refractivity contribution is 6.15. The molecule has 0 N–H and O–H groups in total. The van der Waals surface area contributed by atoms with E-state index in [9.17, 15) is 0 Å². The Morgan fingerprint density at radius 2 is 1.35 bits per heavy atom. The molecule has 1 unspecified atom stereocenters. The molecule has 3 radical (unpaired) electrons. The Hall–Kier alpha value is -0.763. The van der Waals surface area contributed by atoms with Gasteiger partial charge in [0, 0.05) is 5.41 Å². The van der Waals surface area contributed by atoms with Crippen LogP contribution in [0.2, 0.25) is 0 Å². The van der Waals surface area contributed by atoms with Gasteiger partial charge >= 0.3 is 0 Å². The van der Waals surface area contributed by atoms with Crippen molar-refractivity contribution < 1.29 is 4.74 Å². The third kappa shape index (κ3) is 5.15. The van der Waals surface area contributed by atoms with Gasteiger partial charge in [-0.15, -0.1) is 0 Å². The third-order valence-electron chi connectivity index (χ3n) is 6.12. The summed E-state index contributed by atoms with van der Waals surface area (Å²) in [5.74, 6) is 3.22. The lowest BCUT2D eigenvalue weighted by atomic mass is 9.65. The summed E-state index contributed by atoms with van der Waals surface area (Å²) in [6, 6.07) is 8.67. The number of rotatable bonds is 9. The van der Waals surface area contributed by atoms with Crippen LogP contribution in [0, 0.1) is 23.2 Å². The molecule has 26 heavy (non-hydrogen) atoms. The largest absolute Gasteiger partial charge is 0.491 e. The van der Waals surface area contributed by atoms with Crippen LogP contribution >= 0.6 is 0 Å². The van der Waals surface area contributed by atoms with Crippen LogP contribution in [0.25, 0.3) is 0 Å². The molecule has 145 valence electrons. The molecule has 2 heteroatoms. The lowest BCUT2D eigenvalue weighted by Gasteiger charge is -2.53. The first kappa shape index (κ1) is 21.5. The summed E-state index contributed by atoms with van der Waals surface area (Å²) in [4.78, 5) is 0. The topological polar surface area (TPSA) is 9.23 Å². The normalized spacial score (nSPS) is 21.9. The van der Waals surface area contributed by atoms with Gasteiger partial charge in [-0.2, -0.15) is 0 Å². The molecule has 1 aromatic rings. The minimum Gasteiger partial charge on any atom is -0.491 e. The van der Waals surface area contributed by atoms with Crippen LogP contribution in [-0.4, -0.2) is 15.5 Å². The van der Waals surface area contributed by atoms with Gasteiger partial charge in [0.15, 0.2) is 0 Å². The van der Waals surface area contributed by atoms with E-state index in [-0.39, 0.29) is 10.6 Å². The first-order valence-corrected chi connectivity index (χ1v) is 11.2. The van der Waals surface area contributed by atoms with Crippen LogP contribution in [-0.2, 0) is 6.42 Å². The highest BCUT2D eigenvalue weighted by Crippen LogP contribution is 2.52. The molecule has 0 aliphatic carbocycles. The molecule has 1 atom stereocenters. The van der Waals surface area contributed by atoms with Gasteiger partial charge in [-0.3, -0.25) is 0 Å². The molecule has 2 rings (SSSR count). The Labute approximate surface area is 165 Å². The molecule has 1 aromatic carbocycles. The maximum absolute atomic E-state index is 6.76. The van der Waals surface area contributed by atoms with Crippen LogP contribution in [0.3, 0.4) is 0 Å². The Morgan fingerprint density at radius 1 is 0.846 bits per heavy atom. The smallest absolute Gasteiger partial charge is 0.122 e. The first-order chi connectivity index (χ1) is 12.2. The van der Waals surface area contributed by atoms with E-state index in [4.69, 9.17) is 4.74 Å². The van der Waals surface area contributed by atoms with Gasteiger partial charge in [0.2, 0.25) is 0 Å².